The Morgan fingerprint density at radius 1 is 1.14 bits per heavy atom. The molecule has 0 amide bonds. The number of pyridine rings is 1. The molecule has 3 aromatic rings. The van der Waals surface area contributed by atoms with Gasteiger partial charge in [0.1, 0.15) is 5.52 Å². The first-order chi connectivity index (χ1) is 10.4. The standard InChI is InChI=1S/C16H12ClNO3S/c1-10-4-6-11(7-5-10)22(20,21)14-9-13(17)16(19)15-12(14)3-2-8-18-15/h2-9,19H,1H3. The number of aromatic nitrogens is 1. The Balaban J connectivity index is 2.34. The van der Waals surface area contributed by atoms with Crippen molar-refractivity contribution in [3.63, 3.8) is 0 Å². The van der Waals surface area contributed by atoms with E-state index in [0.717, 1.165) is 5.56 Å². The van der Waals surface area contributed by atoms with Crippen molar-refractivity contribution in [2.75, 3.05) is 0 Å². The molecule has 0 aliphatic carbocycles. The van der Waals surface area contributed by atoms with Gasteiger partial charge in [0.25, 0.3) is 0 Å². The molecule has 22 heavy (non-hydrogen) atoms. The van der Waals surface area contributed by atoms with Crippen LogP contribution in [0.4, 0.5) is 0 Å². The van der Waals surface area contributed by atoms with Crippen molar-refractivity contribution in [3.05, 3.63) is 59.2 Å². The lowest BCUT2D eigenvalue weighted by atomic mass is 10.2. The van der Waals surface area contributed by atoms with Crippen LogP contribution in [0.15, 0.2) is 58.5 Å². The SMILES string of the molecule is Cc1ccc(S(=O)(=O)c2cc(Cl)c(O)c3ncccc23)cc1. The minimum Gasteiger partial charge on any atom is -0.504 e. The van der Waals surface area contributed by atoms with E-state index in [2.05, 4.69) is 4.98 Å². The van der Waals surface area contributed by atoms with Gasteiger partial charge >= 0.3 is 0 Å². The second-order valence-electron chi connectivity index (χ2n) is 4.92. The van der Waals surface area contributed by atoms with Gasteiger partial charge in [0.2, 0.25) is 9.84 Å². The van der Waals surface area contributed by atoms with Crippen molar-refractivity contribution in [2.24, 2.45) is 0 Å². The lowest BCUT2D eigenvalue weighted by Gasteiger charge is -2.10. The molecular weight excluding hydrogens is 322 g/mol. The summed E-state index contributed by atoms with van der Waals surface area (Å²) in [5.41, 5.74) is 1.13. The number of rotatable bonds is 2. The number of sulfone groups is 1. The van der Waals surface area contributed by atoms with Gasteiger partial charge in [0, 0.05) is 11.6 Å². The Hall–Kier alpha value is -2.11. The largest absolute Gasteiger partial charge is 0.504 e. The van der Waals surface area contributed by atoms with E-state index >= 15 is 0 Å². The van der Waals surface area contributed by atoms with E-state index < -0.39 is 9.84 Å². The van der Waals surface area contributed by atoms with E-state index in [9.17, 15) is 13.5 Å². The van der Waals surface area contributed by atoms with Gasteiger partial charge in [0.05, 0.1) is 14.8 Å². The van der Waals surface area contributed by atoms with Crippen LogP contribution in [-0.4, -0.2) is 18.5 Å². The zero-order valence-corrected chi connectivity index (χ0v) is 13.2. The first kappa shape index (κ1) is 14.8. The smallest absolute Gasteiger partial charge is 0.207 e. The number of aryl methyl sites for hydroxylation is 1. The van der Waals surface area contributed by atoms with Gasteiger partial charge in [-0.1, -0.05) is 29.3 Å². The molecule has 1 N–H and O–H groups in total. The Labute approximate surface area is 132 Å². The highest BCUT2D eigenvalue weighted by Gasteiger charge is 2.23. The molecule has 3 rings (SSSR count). The molecule has 0 saturated carbocycles. The molecule has 1 heterocycles. The molecule has 4 nitrogen and oxygen atoms in total. The molecule has 0 aliphatic heterocycles. The summed E-state index contributed by atoms with van der Waals surface area (Å²) < 4.78 is 25.7. The topological polar surface area (TPSA) is 67.3 Å². The number of hydrogen-bond acceptors (Lipinski definition) is 4. The number of phenolic OH excluding ortho intramolecular Hbond substituents is 1. The molecule has 0 atom stereocenters. The molecule has 0 spiro atoms. The second kappa shape index (κ2) is 5.26. The maximum absolute atomic E-state index is 12.9. The number of halogens is 1. The predicted octanol–water partition coefficient (Wildman–Crippen LogP) is 3.74. The number of hydrogen-bond donors (Lipinski definition) is 1. The van der Waals surface area contributed by atoms with Crippen molar-refractivity contribution in [1.29, 1.82) is 0 Å². The maximum Gasteiger partial charge on any atom is 0.207 e. The van der Waals surface area contributed by atoms with E-state index in [1.807, 2.05) is 6.92 Å². The predicted molar refractivity (Wildman–Crippen MR) is 85.0 cm³/mol. The van der Waals surface area contributed by atoms with Gasteiger partial charge in [-0.15, -0.1) is 0 Å². The van der Waals surface area contributed by atoms with E-state index in [0.29, 0.717) is 5.39 Å². The van der Waals surface area contributed by atoms with Gasteiger partial charge in [-0.2, -0.15) is 0 Å². The van der Waals surface area contributed by atoms with Crippen LogP contribution in [0.25, 0.3) is 10.9 Å². The first-order valence-corrected chi connectivity index (χ1v) is 8.35. The van der Waals surface area contributed by atoms with Crippen molar-refractivity contribution in [2.45, 2.75) is 16.7 Å². The fourth-order valence-electron chi connectivity index (χ4n) is 2.23. The summed E-state index contributed by atoms with van der Waals surface area (Å²) in [7, 11) is -3.76. The van der Waals surface area contributed by atoms with Gasteiger partial charge in [0.15, 0.2) is 5.75 Å². The van der Waals surface area contributed by atoms with Gasteiger partial charge in [-0.25, -0.2) is 8.42 Å². The third-order valence-electron chi connectivity index (χ3n) is 3.40. The van der Waals surface area contributed by atoms with Crippen LogP contribution in [0.2, 0.25) is 5.02 Å². The minimum atomic E-state index is -3.76. The molecule has 0 saturated heterocycles. The zero-order chi connectivity index (χ0) is 15.9. The molecule has 6 heteroatoms. The summed E-state index contributed by atoms with van der Waals surface area (Å²) in [6.45, 7) is 1.88. The van der Waals surface area contributed by atoms with Gasteiger partial charge in [-0.3, -0.25) is 4.98 Å². The van der Waals surface area contributed by atoms with Crippen LogP contribution >= 0.6 is 11.6 Å². The van der Waals surface area contributed by atoms with E-state index in [1.165, 1.54) is 12.3 Å². The summed E-state index contributed by atoms with van der Waals surface area (Å²) in [5.74, 6) is -0.222. The Bertz CT molecular complexity index is 967. The average molecular weight is 334 g/mol. The number of phenols is 1. The summed E-state index contributed by atoms with van der Waals surface area (Å²) in [6, 6.07) is 11.0. The van der Waals surface area contributed by atoms with Crippen LogP contribution < -0.4 is 0 Å². The third kappa shape index (κ3) is 2.32. The average Bonchev–Trinajstić information content (AvgIpc) is 2.51. The number of fused-ring (bicyclic) bond motifs is 1. The van der Waals surface area contributed by atoms with Crippen LogP contribution in [0.3, 0.4) is 0 Å². The van der Waals surface area contributed by atoms with Crippen molar-refractivity contribution in [1.82, 2.24) is 4.98 Å². The molecule has 0 fully saturated rings. The van der Waals surface area contributed by atoms with Crippen LogP contribution in [-0.2, 0) is 9.84 Å². The normalized spacial score (nSPS) is 11.7. The van der Waals surface area contributed by atoms with Crippen LogP contribution in [0, 0.1) is 6.92 Å². The van der Waals surface area contributed by atoms with Crippen molar-refractivity contribution < 1.29 is 13.5 Å². The van der Waals surface area contributed by atoms with Crippen LogP contribution in [0.1, 0.15) is 5.56 Å². The Morgan fingerprint density at radius 2 is 1.82 bits per heavy atom. The van der Waals surface area contributed by atoms with Crippen molar-refractivity contribution in [3.8, 4) is 5.75 Å². The maximum atomic E-state index is 12.9. The monoisotopic (exact) mass is 333 g/mol. The third-order valence-corrected chi connectivity index (χ3v) is 5.50. The van der Waals surface area contributed by atoms with E-state index in [1.54, 1.807) is 36.4 Å². The molecule has 112 valence electrons. The van der Waals surface area contributed by atoms with E-state index in [4.69, 9.17) is 11.6 Å². The Kier molecular flexibility index (Phi) is 3.54. The summed E-state index contributed by atoms with van der Waals surface area (Å²) in [5, 5.41) is 10.3. The molecule has 1 aromatic heterocycles. The van der Waals surface area contributed by atoms with Gasteiger partial charge in [-0.05, 0) is 37.3 Å². The van der Waals surface area contributed by atoms with Crippen LogP contribution in [0.5, 0.6) is 5.75 Å². The number of benzene rings is 2. The van der Waals surface area contributed by atoms with Crippen molar-refractivity contribution >= 4 is 32.3 Å². The fourth-order valence-corrected chi connectivity index (χ4v) is 3.97. The second-order valence-corrected chi connectivity index (χ2v) is 7.25. The minimum absolute atomic E-state index is 0.0299. The highest BCUT2D eigenvalue weighted by molar-refractivity contribution is 7.91. The quantitative estimate of drug-likeness (QED) is 0.775. The fraction of sp³-hybridized carbons (Fsp3) is 0.0625. The zero-order valence-electron chi connectivity index (χ0n) is 11.6. The van der Waals surface area contributed by atoms with Gasteiger partial charge < -0.3 is 5.11 Å². The molecule has 0 aliphatic rings. The first-order valence-electron chi connectivity index (χ1n) is 6.49. The molecule has 0 bridgehead atoms. The number of nitrogens with zero attached hydrogens (tertiary/aromatic N) is 1. The van der Waals surface area contributed by atoms with E-state index in [-0.39, 0.29) is 26.1 Å². The summed E-state index contributed by atoms with van der Waals surface area (Å²) >= 11 is 5.96. The number of aromatic hydroxyl groups is 1. The highest BCUT2D eigenvalue weighted by atomic mass is 35.5. The molecular formula is C16H12ClNO3S. The molecule has 0 radical (unpaired) electrons. The molecule has 2 aromatic carbocycles. The lowest BCUT2D eigenvalue weighted by Crippen LogP contribution is -2.03. The lowest BCUT2D eigenvalue weighted by molar-refractivity contribution is 0.480. The summed E-state index contributed by atoms with van der Waals surface area (Å²) in [4.78, 5) is 4.23. The summed E-state index contributed by atoms with van der Waals surface area (Å²) in [6.07, 6.45) is 1.47. The molecule has 0 unspecified atom stereocenters. The Morgan fingerprint density at radius 3 is 2.50 bits per heavy atom. The highest BCUT2D eigenvalue weighted by Crippen LogP contribution is 2.37.